The predicted molar refractivity (Wildman–Crippen MR) is 86.5 cm³/mol. The molecular formula is C16H16N2O4S. The SMILES string of the molecule is CN(Cc1ccccc1)S(=O)(=O)c1ccc2c(c1)oc(=O)n2C. The van der Waals surface area contributed by atoms with E-state index in [0.717, 1.165) is 5.56 Å². The van der Waals surface area contributed by atoms with Gasteiger partial charge in [0.25, 0.3) is 0 Å². The summed E-state index contributed by atoms with van der Waals surface area (Å²) in [7, 11) is -0.575. The number of fused-ring (bicyclic) bond motifs is 1. The van der Waals surface area contributed by atoms with Gasteiger partial charge >= 0.3 is 5.76 Å². The molecule has 23 heavy (non-hydrogen) atoms. The van der Waals surface area contributed by atoms with Gasteiger partial charge in [0.15, 0.2) is 5.58 Å². The summed E-state index contributed by atoms with van der Waals surface area (Å²) in [6.45, 7) is 0.264. The molecule has 2 aromatic carbocycles. The zero-order chi connectivity index (χ0) is 16.6. The van der Waals surface area contributed by atoms with E-state index in [0.29, 0.717) is 5.52 Å². The minimum absolute atomic E-state index is 0.0952. The Morgan fingerprint density at radius 2 is 1.83 bits per heavy atom. The zero-order valence-electron chi connectivity index (χ0n) is 12.8. The molecule has 120 valence electrons. The summed E-state index contributed by atoms with van der Waals surface area (Å²) >= 11 is 0. The van der Waals surface area contributed by atoms with Gasteiger partial charge in [0.05, 0.1) is 10.4 Å². The van der Waals surface area contributed by atoms with Crippen molar-refractivity contribution < 1.29 is 12.8 Å². The highest BCUT2D eigenvalue weighted by Crippen LogP contribution is 2.21. The Balaban J connectivity index is 1.97. The van der Waals surface area contributed by atoms with Gasteiger partial charge in [0, 0.05) is 26.7 Å². The molecule has 1 heterocycles. The number of benzene rings is 2. The average Bonchev–Trinajstić information content (AvgIpc) is 2.82. The lowest BCUT2D eigenvalue weighted by atomic mass is 10.2. The standard InChI is InChI=1S/C16H16N2O4S/c1-17(11-12-6-4-3-5-7-12)23(20,21)13-8-9-14-15(10-13)22-16(19)18(14)2/h3-10H,11H2,1-2H3. The maximum absolute atomic E-state index is 12.7. The van der Waals surface area contributed by atoms with Crippen LogP contribution in [0.15, 0.2) is 62.6 Å². The molecule has 0 spiro atoms. The highest BCUT2D eigenvalue weighted by atomic mass is 32.2. The second-order valence-corrected chi connectivity index (χ2v) is 7.35. The second-order valence-electron chi connectivity index (χ2n) is 5.30. The molecule has 0 aliphatic rings. The van der Waals surface area contributed by atoms with Crippen LogP contribution in [0, 0.1) is 0 Å². The quantitative estimate of drug-likeness (QED) is 0.732. The first kappa shape index (κ1) is 15.5. The summed E-state index contributed by atoms with van der Waals surface area (Å²) in [5.41, 5.74) is 1.71. The van der Waals surface area contributed by atoms with Gasteiger partial charge in [-0.25, -0.2) is 13.2 Å². The summed E-state index contributed by atoms with van der Waals surface area (Å²) in [6, 6.07) is 13.8. The fourth-order valence-electron chi connectivity index (χ4n) is 2.38. The Labute approximate surface area is 133 Å². The van der Waals surface area contributed by atoms with Gasteiger partial charge in [-0.2, -0.15) is 4.31 Å². The molecular weight excluding hydrogens is 316 g/mol. The fraction of sp³-hybridized carbons (Fsp3) is 0.188. The lowest BCUT2D eigenvalue weighted by Crippen LogP contribution is -2.26. The molecule has 0 amide bonds. The Morgan fingerprint density at radius 3 is 2.52 bits per heavy atom. The Hall–Kier alpha value is -2.38. The normalized spacial score (nSPS) is 12.1. The number of oxazole rings is 1. The van der Waals surface area contributed by atoms with Crippen LogP contribution >= 0.6 is 0 Å². The molecule has 7 heteroatoms. The van der Waals surface area contributed by atoms with E-state index in [4.69, 9.17) is 4.42 Å². The topological polar surface area (TPSA) is 72.5 Å². The van der Waals surface area contributed by atoms with Crippen molar-refractivity contribution in [1.82, 2.24) is 8.87 Å². The number of rotatable bonds is 4. The maximum Gasteiger partial charge on any atom is 0.419 e. The zero-order valence-corrected chi connectivity index (χ0v) is 13.6. The van der Waals surface area contributed by atoms with Gasteiger partial charge in [-0.3, -0.25) is 4.57 Å². The molecule has 0 bridgehead atoms. The van der Waals surface area contributed by atoms with Crippen LogP contribution in [-0.2, 0) is 23.6 Å². The molecule has 0 unspecified atom stereocenters. The van der Waals surface area contributed by atoms with Crippen LogP contribution < -0.4 is 5.76 Å². The van der Waals surface area contributed by atoms with Crippen LogP contribution in [0.5, 0.6) is 0 Å². The molecule has 0 N–H and O–H groups in total. The number of aryl methyl sites for hydroxylation is 1. The van der Waals surface area contributed by atoms with Crippen LogP contribution in [-0.4, -0.2) is 24.3 Å². The molecule has 0 saturated carbocycles. The van der Waals surface area contributed by atoms with Crippen molar-refractivity contribution in [2.75, 3.05) is 7.05 Å². The molecule has 1 aromatic heterocycles. The third-order valence-electron chi connectivity index (χ3n) is 3.72. The highest BCUT2D eigenvalue weighted by molar-refractivity contribution is 7.89. The summed E-state index contributed by atoms with van der Waals surface area (Å²) in [6.07, 6.45) is 0. The van der Waals surface area contributed by atoms with Crippen molar-refractivity contribution in [2.24, 2.45) is 7.05 Å². The molecule has 0 atom stereocenters. The largest absolute Gasteiger partial charge is 0.419 e. The fourth-order valence-corrected chi connectivity index (χ4v) is 3.55. The minimum atomic E-state index is -3.67. The van der Waals surface area contributed by atoms with Crippen LogP contribution in [0.4, 0.5) is 0 Å². The second kappa shape index (κ2) is 5.68. The van der Waals surface area contributed by atoms with Crippen LogP contribution in [0.3, 0.4) is 0 Å². The van der Waals surface area contributed by atoms with Gasteiger partial charge in [-0.05, 0) is 17.7 Å². The van der Waals surface area contributed by atoms with E-state index in [2.05, 4.69) is 0 Å². The Kier molecular flexibility index (Phi) is 3.83. The number of sulfonamides is 1. The van der Waals surface area contributed by atoms with Crippen molar-refractivity contribution in [2.45, 2.75) is 11.4 Å². The molecule has 3 rings (SSSR count). The molecule has 0 fully saturated rings. The number of aromatic nitrogens is 1. The third-order valence-corrected chi connectivity index (χ3v) is 5.52. The van der Waals surface area contributed by atoms with Gasteiger partial charge in [0.1, 0.15) is 0 Å². The van der Waals surface area contributed by atoms with Gasteiger partial charge < -0.3 is 4.42 Å². The number of nitrogens with zero attached hydrogens (tertiary/aromatic N) is 2. The van der Waals surface area contributed by atoms with Crippen LogP contribution in [0.25, 0.3) is 11.1 Å². The average molecular weight is 332 g/mol. The van der Waals surface area contributed by atoms with E-state index in [1.54, 1.807) is 13.1 Å². The van der Waals surface area contributed by atoms with Crippen molar-refractivity contribution >= 4 is 21.1 Å². The molecule has 3 aromatic rings. The van der Waals surface area contributed by atoms with E-state index in [1.165, 1.54) is 28.1 Å². The minimum Gasteiger partial charge on any atom is -0.408 e. The first-order chi connectivity index (χ1) is 10.9. The summed E-state index contributed by atoms with van der Waals surface area (Å²) < 4.78 is 33.0. The lowest BCUT2D eigenvalue weighted by Gasteiger charge is -2.17. The van der Waals surface area contributed by atoms with E-state index >= 15 is 0 Å². The van der Waals surface area contributed by atoms with Crippen molar-refractivity contribution in [3.63, 3.8) is 0 Å². The summed E-state index contributed by atoms with van der Waals surface area (Å²) in [5, 5.41) is 0. The van der Waals surface area contributed by atoms with Gasteiger partial charge in [-0.15, -0.1) is 0 Å². The monoisotopic (exact) mass is 332 g/mol. The first-order valence-corrected chi connectivity index (χ1v) is 8.43. The van der Waals surface area contributed by atoms with E-state index < -0.39 is 15.8 Å². The summed E-state index contributed by atoms with van der Waals surface area (Å²) in [5.74, 6) is -0.521. The number of hydrogen-bond donors (Lipinski definition) is 0. The Bertz CT molecular complexity index is 1000. The third kappa shape index (κ3) is 2.80. The molecule has 6 nitrogen and oxygen atoms in total. The summed E-state index contributed by atoms with van der Waals surface area (Å²) in [4.78, 5) is 11.6. The first-order valence-electron chi connectivity index (χ1n) is 6.99. The van der Waals surface area contributed by atoms with Crippen LogP contribution in [0.1, 0.15) is 5.56 Å². The van der Waals surface area contributed by atoms with Crippen molar-refractivity contribution in [1.29, 1.82) is 0 Å². The van der Waals surface area contributed by atoms with E-state index in [1.807, 2.05) is 30.3 Å². The Morgan fingerprint density at radius 1 is 1.13 bits per heavy atom. The highest BCUT2D eigenvalue weighted by Gasteiger charge is 2.22. The lowest BCUT2D eigenvalue weighted by molar-refractivity contribution is 0.466. The van der Waals surface area contributed by atoms with Gasteiger partial charge in [0.2, 0.25) is 10.0 Å². The predicted octanol–water partition coefficient (Wildman–Crippen LogP) is 1.95. The van der Waals surface area contributed by atoms with Crippen molar-refractivity contribution in [3.05, 3.63) is 64.6 Å². The van der Waals surface area contributed by atoms with E-state index in [9.17, 15) is 13.2 Å². The smallest absolute Gasteiger partial charge is 0.408 e. The molecule has 0 aliphatic heterocycles. The van der Waals surface area contributed by atoms with Crippen molar-refractivity contribution in [3.8, 4) is 0 Å². The maximum atomic E-state index is 12.7. The van der Waals surface area contributed by atoms with E-state index in [-0.39, 0.29) is 17.0 Å². The number of hydrogen-bond acceptors (Lipinski definition) is 4. The van der Waals surface area contributed by atoms with Crippen LogP contribution in [0.2, 0.25) is 0 Å². The molecule has 0 saturated heterocycles. The van der Waals surface area contributed by atoms with Gasteiger partial charge in [-0.1, -0.05) is 30.3 Å². The molecule has 0 radical (unpaired) electrons. The molecule has 0 aliphatic carbocycles.